The number of hydrogen-bond donors (Lipinski definition) is 1. The van der Waals surface area contributed by atoms with Crippen molar-refractivity contribution in [2.75, 3.05) is 0 Å². The molecule has 2 rings (SSSR count). The number of hydrogen-bond acceptors (Lipinski definition) is 2. The molecule has 0 spiro atoms. The molecule has 0 saturated carbocycles. The highest BCUT2D eigenvalue weighted by Crippen LogP contribution is 2.34. The van der Waals surface area contributed by atoms with E-state index in [1.807, 2.05) is 11.8 Å². The van der Waals surface area contributed by atoms with Gasteiger partial charge in [-0.2, -0.15) is 0 Å². The van der Waals surface area contributed by atoms with Crippen molar-refractivity contribution in [1.82, 2.24) is 0 Å². The Morgan fingerprint density at radius 1 is 0.941 bits per heavy atom. The molecule has 88 valence electrons. The van der Waals surface area contributed by atoms with E-state index in [0.29, 0.717) is 6.54 Å². The molecule has 2 aromatic carbocycles. The van der Waals surface area contributed by atoms with Crippen LogP contribution in [0.5, 0.6) is 0 Å². The summed E-state index contributed by atoms with van der Waals surface area (Å²) >= 11 is 1.81. The molecule has 2 aromatic rings. The zero-order valence-corrected chi connectivity index (χ0v) is 11.1. The molecule has 0 bridgehead atoms. The Hall–Kier alpha value is -1.25. The molecule has 0 amide bonds. The molecule has 0 heterocycles. The second-order valence-electron chi connectivity index (χ2n) is 4.13. The van der Waals surface area contributed by atoms with Crippen LogP contribution >= 0.6 is 11.8 Å². The van der Waals surface area contributed by atoms with E-state index in [4.69, 9.17) is 5.73 Å². The molecule has 0 aliphatic rings. The highest BCUT2D eigenvalue weighted by Gasteiger charge is 2.07. The average molecular weight is 243 g/mol. The van der Waals surface area contributed by atoms with Crippen molar-refractivity contribution in [2.45, 2.75) is 30.2 Å². The van der Waals surface area contributed by atoms with Crippen LogP contribution in [0.25, 0.3) is 0 Å². The van der Waals surface area contributed by atoms with E-state index in [9.17, 15) is 0 Å². The monoisotopic (exact) mass is 243 g/mol. The minimum Gasteiger partial charge on any atom is -0.326 e. The molecule has 2 heteroatoms. The second kappa shape index (κ2) is 5.39. The summed E-state index contributed by atoms with van der Waals surface area (Å²) in [5.41, 5.74) is 9.62. The van der Waals surface area contributed by atoms with Crippen molar-refractivity contribution >= 4 is 11.8 Å². The van der Waals surface area contributed by atoms with E-state index >= 15 is 0 Å². The van der Waals surface area contributed by atoms with Gasteiger partial charge in [0, 0.05) is 16.3 Å². The van der Waals surface area contributed by atoms with Crippen LogP contribution in [-0.4, -0.2) is 0 Å². The van der Waals surface area contributed by atoms with Gasteiger partial charge in [-0.25, -0.2) is 0 Å². The lowest BCUT2D eigenvalue weighted by Gasteiger charge is -2.12. The lowest BCUT2D eigenvalue weighted by Crippen LogP contribution is -1.99. The molecule has 0 aliphatic carbocycles. The molecule has 1 nitrogen and oxygen atoms in total. The fourth-order valence-corrected chi connectivity index (χ4v) is 2.91. The zero-order valence-electron chi connectivity index (χ0n) is 10.2. The maximum absolute atomic E-state index is 5.80. The van der Waals surface area contributed by atoms with Crippen LogP contribution < -0.4 is 5.73 Å². The summed E-state index contributed by atoms with van der Waals surface area (Å²) in [5.74, 6) is 0. The summed E-state index contributed by atoms with van der Waals surface area (Å²) < 4.78 is 0. The van der Waals surface area contributed by atoms with E-state index in [-0.39, 0.29) is 0 Å². The van der Waals surface area contributed by atoms with Gasteiger partial charge in [0.1, 0.15) is 0 Å². The summed E-state index contributed by atoms with van der Waals surface area (Å²) in [6.45, 7) is 4.87. The lowest BCUT2D eigenvalue weighted by atomic mass is 10.1. The number of benzene rings is 2. The van der Waals surface area contributed by atoms with E-state index in [0.717, 1.165) is 0 Å². The summed E-state index contributed by atoms with van der Waals surface area (Å²) in [6.07, 6.45) is 0. The topological polar surface area (TPSA) is 26.0 Å². The lowest BCUT2D eigenvalue weighted by molar-refractivity contribution is 1.01. The van der Waals surface area contributed by atoms with Crippen LogP contribution in [0.15, 0.2) is 52.3 Å². The Bertz CT molecular complexity index is 520. The van der Waals surface area contributed by atoms with Crippen molar-refractivity contribution in [3.63, 3.8) is 0 Å². The van der Waals surface area contributed by atoms with Crippen LogP contribution in [0, 0.1) is 13.8 Å². The molecule has 2 N–H and O–H groups in total. The van der Waals surface area contributed by atoms with Gasteiger partial charge in [0.15, 0.2) is 0 Å². The fourth-order valence-electron chi connectivity index (χ4n) is 1.80. The third-order valence-corrected chi connectivity index (χ3v) is 4.29. The summed E-state index contributed by atoms with van der Waals surface area (Å²) in [5, 5.41) is 0. The van der Waals surface area contributed by atoms with Crippen LogP contribution in [0.1, 0.15) is 16.7 Å². The highest BCUT2D eigenvalue weighted by molar-refractivity contribution is 7.99. The summed E-state index contributed by atoms with van der Waals surface area (Å²) in [7, 11) is 0. The number of nitrogens with two attached hydrogens (primary N) is 1. The molecule has 0 fully saturated rings. The normalized spacial score (nSPS) is 10.5. The van der Waals surface area contributed by atoms with E-state index < -0.39 is 0 Å². The first-order valence-electron chi connectivity index (χ1n) is 5.74. The summed E-state index contributed by atoms with van der Waals surface area (Å²) in [4.78, 5) is 2.60. The van der Waals surface area contributed by atoms with Crippen molar-refractivity contribution in [1.29, 1.82) is 0 Å². The fraction of sp³-hybridized carbons (Fsp3) is 0.200. The van der Waals surface area contributed by atoms with Crippen LogP contribution in [-0.2, 0) is 6.54 Å². The van der Waals surface area contributed by atoms with E-state index in [1.165, 1.54) is 26.5 Å². The Balaban J connectivity index is 2.39. The van der Waals surface area contributed by atoms with Gasteiger partial charge < -0.3 is 5.73 Å². The molecule has 0 radical (unpaired) electrons. The third-order valence-electron chi connectivity index (χ3n) is 2.82. The van der Waals surface area contributed by atoms with Gasteiger partial charge in [0.2, 0.25) is 0 Å². The minimum absolute atomic E-state index is 0.593. The van der Waals surface area contributed by atoms with Crippen molar-refractivity contribution in [2.24, 2.45) is 5.73 Å². The predicted octanol–water partition coefficient (Wildman–Crippen LogP) is 3.91. The quantitative estimate of drug-likeness (QED) is 0.884. The minimum atomic E-state index is 0.593. The van der Waals surface area contributed by atoms with Gasteiger partial charge in [-0.3, -0.25) is 0 Å². The molecule has 17 heavy (non-hydrogen) atoms. The second-order valence-corrected chi connectivity index (χ2v) is 5.19. The Kier molecular flexibility index (Phi) is 3.87. The van der Waals surface area contributed by atoms with Crippen molar-refractivity contribution in [3.8, 4) is 0 Å². The molecule has 0 atom stereocenters. The maximum atomic E-state index is 5.80. The van der Waals surface area contributed by atoms with Crippen molar-refractivity contribution in [3.05, 3.63) is 59.2 Å². The SMILES string of the molecule is Cc1ccccc1Sc1c(C)cccc1CN. The number of rotatable bonds is 3. The average Bonchev–Trinajstić information content (AvgIpc) is 2.34. The third kappa shape index (κ3) is 2.71. The molecule has 0 aliphatic heterocycles. The standard InChI is InChI=1S/C15H17NS/c1-11-6-3-4-9-14(11)17-15-12(2)7-5-8-13(15)10-16/h3-9H,10,16H2,1-2H3. The van der Waals surface area contributed by atoms with Gasteiger partial charge in [-0.1, -0.05) is 48.2 Å². The number of aryl methyl sites for hydroxylation is 2. The maximum Gasteiger partial charge on any atom is 0.0196 e. The van der Waals surface area contributed by atoms with Crippen LogP contribution in [0.4, 0.5) is 0 Å². The Morgan fingerprint density at radius 2 is 1.65 bits per heavy atom. The van der Waals surface area contributed by atoms with E-state index in [1.54, 1.807) is 0 Å². The van der Waals surface area contributed by atoms with Gasteiger partial charge in [-0.15, -0.1) is 0 Å². The van der Waals surface area contributed by atoms with Crippen LogP contribution in [0.2, 0.25) is 0 Å². The molecular weight excluding hydrogens is 226 g/mol. The van der Waals surface area contributed by atoms with Gasteiger partial charge >= 0.3 is 0 Å². The first-order valence-corrected chi connectivity index (χ1v) is 6.56. The molecule has 0 aromatic heterocycles. The van der Waals surface area contributed by atoms with Gasteiger partial charge in [-0.05, 0) is 36.6 Å². The van der Waals surface area contributed by atoms with Crippen LogP contribution in [0.3, 0.4) is 0 Å². The van der Waals surface area contributed by atoms with Crippen molar-refractivity contribution < 1.29 is 0 Å². The first-order chi connectivity index (χ1) is 8.22. The Labute approximate surface area is 107 Å². The van der Waals surface area contributed by atoms with E-state index in [2.05, 4.69) is 56.3 Å². The van der Waals surface area contributed by atoms with Gasteiger partial charge in [0.05, 0.1) is 0 Å². The largest absolute Gasteiger partial charge is 0.326 e. The molecule has 0 unspecified atom stereocenters. The first kappa shape index (κ1) is 12.2. The smallest absolute Gasteiger partial charge is 0.0196 e. The molecule has 0 saturated heterocycles. The molecular formula is C15H17NS. The highest BCUT2D eigenvalue weighted by atomic mass is 32.2. The Morgan fingerprint density at radius 3 is 2.35 bits per heavy atom. The van der Waals surface area contributed by atoms with Gasteiger partial charge in [0.25, 0.3) is 0 Å². The summed E-state index contributed by atoms with van der Waals surface area (Å²) in [6, 6.07) is 14.8. The predicted molar refractivity (Wildman–Crippen MR) is 74.4 cm³/mol. The zero-order chi connectivity index (χ0) is 12.3.